The van der Waals surface area contributed by atoms with Crippen molar-refractivity contribution in [2.24, 2.45) is 0 Å². The molecule has 3 heterocycles. The van der Waals surface area contributed by atoms with Crippen LogP contribution in [-0.2, 0) is 4.74 Å². The Bertz CT molecular complexity index is 821. The van der Waals surface area contributed by atoms with Gasteiger partial charge in [0.05, 0.1) is 12.2 Å². The Morgan fingerprint density at radius 3 is 2.69 bits per heavy atom. The lowest BCUT2D eigenvalue weighted by Gasteiger charge is -2.38. The van der Waals surface area contributed by atoms with E-state index in [1.807, 2.05) is 29.2 Å². The molecule has 2 saturated heterocycles. The zero-order valence-electron chi connectivity index (χ0n) is 17.1. The van der Waals surface area contributed by atoms with Gasteiger partial charge in [0, 0.05) is 55.9 Å². The maximum absolute atomic E-state index is 13.3. The van der Waals surface area contributed by atoms with Crippen LogP contribution in [0.3, 0.4) is 0 Å². The molecule has 2 fully saturated rings. The first-order valence-corrected chi connectivity index (χ1v) is 10.4. The number of hydrogen-bond donors (Lipinski definition) is 1. The molecule has 4 rings (SSSR count). The standard InChI is InChI=1S/C22H29N5O2/c1-16-13-26(14-17(2)29-16)15-20-8-4-11-27(20)21(28)18-6-3-7-19(12-18)25-22-23-9-5-10-24-22/h3,5-7,9-10,12,16-17,20H,4,8,11,13-15H2,1-2H3,(H,23,24,25)/t16-,17-,20-/m1/s1. The first-order valence-electron chi connectivity index (χ1n) is 10.4. The van der Waals surface area contributed by atoms with E-state index in [0.29, 0.717) is 11.5 Å². The molecule has 0 aliphatic carbocycles. The highest BCUT2D eigenvalue weighted by atomic mass is 16.5. The Kier molecular flexibility index (Phi) is 6.06. The highest BCUT2D eigenvalue weighted by Crippen LogP contribution is 2.24. The molecule has 0 bridgehead atoms. The van der Waals surface area contributed by atoms with Gasteiger partial charge in [0.25, 0.3) is 5.91 Å². The van der Waals surface area contributed by atoms with Gasteiger partial charge < -0.3 is 15.0 Å². The van der Waals surface area contributed by atoms with Crippen LogP contribution < -0.4 is 5.32 Å². The van der Waals surface area contributed by atoms with E-state index in [-0.39, 0.29) is 24.2 Å². The second kappa shape index (κ2) is 8.88. The number of ether oxygens (including phenoxy) is 1. The molecule has 1 N–H and O–H groups in total. The van der Waals surface area contributed by atoms with Crippen molar-refractivity contribution < 1.29 is 9.53 Å². The van der Waals surface area contributed by atoms with Gasteiger partial charge in [0.1, 0.15) is 0 Å². The zero-order chi connectivity index (χ0) is 20.2. The van der Waals surface area contributed by atoms with E-state index in [2.05, 4.69) is 34.0 Å². The second-order valence-electron chi connectivity index (χ2n) is 8.05. The first-order chi connectivity index (χ1) is 14.1. The number of benzene rings is 1. The Labute approximate surface area is 172 Å². The van der Waals surface area contributed by atoms with Crippen LogP contribution >= 0.6 is 0 Å². The topological polar surface area (TPSA) is 70.6 Å². The van der Waals surface area contributed by atoms with Crippen molar-refractivity contribution in [3.05, 3.63) is 48.3 Å². The predicted octanol–water partition coefficient (Wildman–Crippen LogP) is 2.93. The quantitative estimate of drug-likeness (QED) is 0.839. The van der Waals surface area contributed by atoms with E-state index >= 15 is 0 Å². The third kappa shape index (κ3) is 4.92. The smallest absolute Gasteiger partial charge is 0.254 e. The number of carbonyl (C=O) groups is 1. The van der Waals surface area contributed by atoms with Crippen LogP contribution in [0.25, 0.3) is 0 Å². The SMILES string of the molecule is C[C@@H]1CN(C[C@H]2CCCN2C(=O)c2cccc(Nc3ncccn3)c2)C[C@@H](C)O1. The van der Waals surface area contributed by atoms with Crippen molar-refractivity contribution in [1.82, 2.24) is 19.8 Å². The molecule has 0 spiro atoms. The number of nitrogens with one attached hydrogen (secondary N) is 1. The highest BCUT2D eigenvalue weighted by molar-refractivity contribution is 5.95. The molecule has 2 aliphatic rings. The fourth-order valence-corrected chi connectivity index (χ4v) is 4.41. The van der Waals surface area contributed by atoms with Gasteiger partial charge in [-0.3, -0.25) is 9.69 Å². The summed E-state index contributed by atoms with van der Waals surface area (Å²) in [4.78, 5) is 26.1. The van der Waals surface area contributed by atoms with Crippen LogP contribution in [0, 0.1) is 0 Å². The third-order valence-electron chi connectivity index (χ3n) is 5.53. The Hall–Kier alpha value is -2.51. The molecule has 1 aromatic carbocycles. The summed E-state index contributed by atoms with van der Waals surface area (Å²) in [7, 11) is 0. The molecule has 29 heavy (non-hydrogen) atoms. The van der Waals surface area contributed by atoms with Gasteiger partial charge in [-0.05, 0) is 51.0 Å². The van der Waals surface area contributed by atoms with Crippen LogP contribution in [0.2, 0.25) is 0 Å². The van der Waals surface area contributed by atoms with E-state index in [4.69, 9.17) is 4.74 Å². The number of anilines is 2. The number of aromatic nitrogens is 2. The van der Waals surface area contributed by atoms with Crippen LogP contribution in [0.5, 0.6) is 0 Å². The molecule has 0 saturated carbocycles. The number of amides is 1. The average molecular weight is 396 g/mol. The van der Waals surface area contributed by atoms with Gasteiger partial charge >= 0.3 is 0 Å². The van der Waals surface area contributed by atoms with Gasteiger partial charge in [0.2, 0.25) is 5.95 Å². The molecule has 7 heteroatoms. The van der Waals surface area contributed by atoms with Crippen molar-refractivity contribution in [2.75, 3.05) is 31.5 Å². The lowest BCUT2D eigenvalue weighted by atomic mass is 10.1. The second-order valence-corrected chi connectivity index (χ2v) is 8.05. The molecule has 1 amide bonds. The van der Waals surface area contributed by atoms with Gasteiger partial charge in [-0.1, -0.05) is 6.07 Å². The molecular weight excluding hydrogens is 366 g/mol. The molecule has 7 nitrogen and oxygen atoms in total. The summed E-state index contributed by atoms with van der Waals surface area (Å²) in [5.41, 5.74) is 1.51. The van der Waals surface area contributed by atoms with Crippen LogP contribution in [-0.4, -0.2) is 70.1 Å². The summed E-state index contributed by atoms with van der Waals surface area (Å²) >= 11 is 0. The van der Waals surface area contributed by atoms with Gasteiger partial charge in [-0.25, -0.2) is 9.97 Å². The van der Waals surface area contributed by atoms with E-state index in [0.717, 1.165) is 44.7 Å². The van der Waals surface area contributed by atoms with Crippen molar-refractivity contribution >= 4 is 17.5 Å². The molecule has 1 aromatic heterocycles. The first kappa shape index (κ1) is 19.8. The van der Waals surface area contributed by atoms with E-state index in [1.54, 1.807) is 18.5 Å². The summed E-state index contributed by atoms with van der Waals surface area (Å²) in [6.07, 6.45) is 5.97. The lowest BCUT2D eigenvalue weighted by molar-refractivity contribution is -0.0715. The van der Waals surface area contributed by atoms with Crippen LogP contribution in [0.1, 0.15) is 37.0 Å². The summed E-state index contributed by atoms with van der Waals surface area (Å²) in [6.45, 7) is 7.83. The number of hydrogen-bond acceptors (Lipinski definition) is 6. The third-order valence-corrected chi connectivity index (χ3v) is 5.53. The minimum atomic E-state index is 0.0967. The van der Waals surface area contributed by atoms with Gasteiger partial charge in [0.15, 0.2) is 0 Å². The summed E-state index contributed by atoms with van der Waals surface area (Å²) in [6, 6.07) is 9.61. The molecule has 0 unspecified atom stereocenters. The predicted molar refractivity (Wildman–Crippen MR) is 112 cm³/mol. The molecule has 154 valence electrons. The summed E-state index contributed by atoms with van der Waals surface area (Å²) in [5, 5.41) is 3.16. The fraction of sp³-hybridized carbons (Fsp3) is 0.500. The minimum Gasteiger partial charge on any atom is -0.373 e. The highest BCUT2D eigenvalue weighted by Gasteiger charge is 2.32. The Balaban J connectivity index is 1.43. The number of rotatable bonds is 5. The maximum atomic E-state index is 13.3. The van der Waals surface area contributed by atoms with Crippen molar-refractivity contribution in [1.29, 1.82) is 0 Å². The van der Waals surface area contributed by atoms with Gasteiger partial charge in [-0.15, -0.1) is 0 Å². The van der Waals surface area contributed by atoms with Crippen molar-refractivity contribution in [3.63, 3.8) is 0 Å². The van der Waals surface area contributed by atoms with E-state index in [9.17, 15) is 4.79 Å². The molecule has 2 aromatic rings. The molecule has 3 atom stereocenters. The van der Waals surface area contributed by atoms with Crippen LogP contribution in [0.4, 0.5) is 11.6 Å². The number of morpholine rings is 1. The monoisotopic (exact) mass is 395 g/mol. The normalized spacial score (nSPS) is 25.2. The number of likely N-dealkylation sites (tertiary alicyclic amines) is 1. The molecular formula is C22H29N5O2. The fourth-order valence-electron chi connectivity index (χ4n) is 4.41. The number of nitrogens with zero attached hydrogens (tertiary/aromatic N) is 4. The molecule has 2 aliphatic heterocycles. The summed E-state index contributed by atoms with van der Waals surface area (Å²) in [5.74, 6) is 0.617. The van der Waals surface area contributed by atoms with E-state index in [1.165, 1.54) is 0 Å². The minimum absolute atomic E-state index is 0.0967. The Morgan fingerprint density at radius 2 is 1.93 bits per heavy atom. The molecule has 0 radical (unpaired) electrons. The Morgan fingerprint density at radius 1 is 1.17 bits per heavy atom. The van der Waals surface area contributed by atoms with E-state index < -0.39 is 0 Å². The average Bonchev–Trinajstić information content (AvgIpc) is 3.15. The zero-order valence-corrected chi connectivity index (χ0v) is 17.1. The summed E-state index contributed by atoms with van der Waals surface area (Å²) < 4.78 is 5.85. The van der Waals surface area contributed by atoms with Crippen molar-refractivity contribution in [2.45, 2.75) is 44.9 Å². The maximum Gasteiger partial charge on any atom is 0.254 e. The lowest BCUT2D eigenvalue weighted by Crippen LogP contribution is -2.50. The van der Waals surface area contributed by atoms with Crippen LogP contribution in [0.15, 0.2) is 42.7 Å². The van der Waals surface area contributed by atoms with Gasteiger partial charge in [-0.2, -0.15) is 0 Å². The number of carbonyl (C=O) groups excluding carboxylic acids is 1. The largest absolute Gasteiger partial charge is 0.373 e. The van der Waals surface area contributed by atoms with Crippen molar-refractivity contribution in [3.8, 4) is 0 Å².